The van der Waals surface area contributed by atoms with Crippen LogP contribution in [0.2, 0.25) is 0 Å². The summed E-state index contributed by atoms with van der Waals surface area (Å²) in [6.07, 6.45) is 5.78. The predicted octanol–water partition coefficient (Wildman–Crippen LogP) is 5.78. The van der Waals surface area contributed by atoms with Crippen molar-refractivity contribution in [2.24, 2.45) is 4.99 Å². The molecule has 3 heterocycles. The van der Waals surface area contributed by atoms with E-state index in [0.717, 1.165) is 74.2 Å². The number of ether oxygens (including phenoxy) is 4. The number of hydrogen-bond donors (Lipinski definition) is 4. The predicted molar refractivity (Wildman–Crippen MR) is 214 cm³/mol. The van der Waals surface area contributed by atoms with Crippen LogP contribution in [0.4, 0.5) is 0 Å². The maximum absolute atomic E-state index is 11.3. The van der Waals surface area contributed by atoms with E-state index < -0.39 is 6.10 Å². The van der Waals surface area contributed by atoms with E-state index in [-0.39, 0.29) is 36.2 Å². The zero-order valence-corrected chi connectivity index (χ0v) is 31.9. The van der Waals surface area contributed by atoms with Crippen molar-refractivity contribution in [3.8, 4) is 39.9 Å². The summed E-state index contributed by atoms with van der Waals surface area (Å²) in [6.45, 7) is 0.958. The molecule has 0 spiro atoms. The van der Waals surface area contributed by atoms with Gasteiger partial charge in [-0.15, -0.1) is 0 Å². The Kier molecular flexibility index (Phi) is 9.91. The van der Waals surface area contributed by atoms with Gasteiger partial charge in [-0.3, -0.25) is 10.3 Å². The Balaban J connectivity index is 1.17. The number of phenolic OH excluding ortho intramolecular Hbond substituents is 2. The second-order valence-electron chi connectivity index (χ2n) is 15.4. The first-order valence-electron chi connectivity index (χ1n) is 19.7. The zero-order chi connectivity index (χ0) is 38.3. The highest BCUT2D eigenvalue weighted by atomic mass is 16.6. The van der Waals surface area contributed by atoms with Crippen molar-refractivity contribution in [3.05, 3.63) is 134 Å². The van der Waals surface area contributed by atoms with E-state index in [0.29, 0.717) is 51.1 Å². The molecule has 0 saturated heterocycles. The lowest BCUT2D eigenvalue weighted by molar-refractivity contribution is -0.0436. The van der Waals surface area contributed by atoms with Gasteiger partial charge in [0.25, 0.3) is 0 Å². The number of phenols is 2. The molecule has 3 aliphatic heterocycles. The fourth-order valence-electron chi connectivity index (χ4n) is 9.22. The Bertz CT molecular complexity index is 2410. The third-order valence-electron chi connectivity index (χ3n) is 11.9. The van der Waals surface area contributed by atoms with E-state index in [9.17, 15) is 15.3 Å². The zero-order valence-electron chi connectivity index (χ0n) is 31.9. The normalized spacial score (nSPS) is 20.2. The van der Waals surface area contributed by atoms with Gasteiger partial charge in [-0.25, -0.2) is 0 Å². The minimum Gasteiger partial charge on any atom is -0.508 e. The molecule has 288 valence electrons. The van der Waals surface area contributed by atoms with Gasteiger partial charge in [-0.05, 0) is 132 Å². The largest absolute Gasteiger partial charge is 0.508 e. The molecule has 4 aliphatic rings. The Morgan fingerprint density at radius 3 is 2.57 bits per heavy atom. The Morgan fingerprint density at radius 2 is 1.75 bits per heavy atom. The van der Waals surface area contributed by atoms with Gasteiger partial charge in [0.1, 0.15) is 29.5 Å². The Labute approximate surface area is 326 Å². The third-order valence-corrected chi connectivity index (χ3v) is 11.9. The Hall–Kier alpha value is -5.35. The van der Waals surface area contributed by atoms with Crippen LogP contribution >= 0.6 is 0 Å². The summed E-state index contributed by atoms with van der Waals surface area (Å²) in [7, 11) is 3.45. The molecule has 0 bridgehead atoms. The molecule has 9 nitrogen and oxygen atoms in total. The molecule has 4 N–H and O–H groups in total. The molecule has 4 atom stereocenters. The number of fused-ring (bicyclic) bond motifs is 9. The van der Waals surface area contributed by atoms with Gasteiger partial charge >= 0.3 is 0 Å². The van der Waals surface area contributed by atoms with Crippen LogP contribution in [0.3, 0.4) is 0 Å². The number of aryl methyl sites for hydroxylation is 2. The minimum atomic E-state index is -0.504. The molecule has 0 radical (unpaired) electrons. The van der Waals surface area contributed by atoms with Crippen LogP contribution in [-0.4, -0.2) is 61.6 Å². The number of benzene rings is 5. The number of rotatable bonds is 11. The van der Waals surface area contributed by atoms with Crippen molar-refractivity contribution in [1.29, 1.82) is 0 Å². The van der Waals surface area contributed by atoms with Crippen molar-refractivity contribution in [2.45, 2.75) is 69.2 Å². The standard InChI is InChI=1S/C47H48N2O7/c1-48-26-54-42-24-39-38-21-31(19-28-9-15-40-29(18-28)16-17-49-40)37-23-33(51)11-13-35(37)43(38)47-36(14-12-34(25-50)55-47)46(39)56-45(42)32-20-30(44(52)41(22-32)53-2)10-8-27-6-4-3-5-7-27/h3-7,9,11,13,15-16,18,20,22-23,31,34,42,45,48,50-52H,8,10,12,14,17,19,21,24-26H2,1-2H3. The highest BCUT2D eigenvalue weighted by molar-refractivity contribution is 5.85. The lowest BCUT2D eigenvalue weighted by atomic mass is 9.72. The fourth-order valence-corrected chi connectivity index (χ4v) is 9.22. The fraction of sp³-hybridized carbons (Fsp3) is 0.340. The summed E-state index contributed by atoms with van der Waals surface area (Å²) in [5.41, 5.74) is 10.5. The van der Waals surface area contributed by atoms with Crippen LogP contribution in [0.1, 0.15) is 63.0 Å². The quantitative estimate of drug-likeness (QED) is 0.126. The third kappa shape index (κ3) is 6.67. The summed E-state index contributed by atoms with van der Waals surface area (Å²) < 4.78 is 26.3. The molecule has 9 heteroatoms. The maximum Gasteiger partial charge on any atom is 0.161 e. The van der Waals surface area contributed by atoms with Crippen LogP contribution in [0, 0.1) is 0 Å². The number of nitrogens with one attached hydrogen (secondary N) is 1. The topological polar surface area (TPSA) is 122 Å². The molecule has 0 saturated carbocycles. The summed E-state index contributed by atoms with van der Waals surface area (Å²) in [5, 5.41) is 37.8. The van der Waals surface area contributed by atoms with E-state index in [1.54, 1.807) is 13.2 Å². The number of nitrogens with zero attached hydrogens (tertiary/aromatic N) is 1. The van der Waals surface area contributed by atoms with Crippen molar-refractivity contribution < 1.29 is 34.3 Å². The second kappa shape index (κ2) is 15.3. The molecule has 56 heavy (non-hydrogen) atoms. The highest BCUT2D eigenvalue weighted by Gasteiger charge is 2.42. The van der Waals surface area contributed by atoms with Gasteiger partial charge in [0.05, 0.1) is 32.3 Å². The lowest BCUT2D eigenvalue weighted by Crippen LogP contribution is -2.37. The molecule has 1 aliphatic carbocycles. The molecule has 0 amide bonds. The molecular formula is C47H48N2O7. The van der Waals surface area contributed by atoms with Crippen molar-refractivity contribution >= 4 is 6.08 Å². The maximum atomic E-state index is 11.3. The van der Waals surface area contributed by atoms with Gasteiger partial charge in [0, 0.05) is 23.1 Å². The molecule has 5 aromatic carbocycles. The monoisotopic (exact) mass is 752 g/mol. The first kappa shape index (κ1) is 36.3. The molecule has 4 unspecified atom stereocenters. The first-order chi connectivity index (χ1) is 27.4. The van der Waals surface area contributed by atoms with E-state index in [2.05, 4.69) is 46.7 Å². The molecule has 0 fully saturated rings. The summed E-state index contributed by atoms with van der Waals surface area (Å²) in [4.78, 5) is 4.59. The number of aliphatic hydroxyl groups is 1. The summed E-state index contributed by atoms with van der Waals surface area (Å²) in [6, 6.07) is 26.4. The van der Waals surface area contributed by atoms with Crippen LogP contribution in [0.5, 0.6) is 28.7 Å². The smallest absolute Gasteiger partial charge is 0.161 e. The number of aliphatic hydroxyl groups excluding tert-OH is 1. The van der Waals surface area contributed by atoms with E-state index in [1.807, 2.05) is 49.5 Å². The van der Waals surface area contributed by atoms with Crippen molar-refractivity contribution in [1.82, 2.24) is 5.32 Å². The van der Waals surface area contributed by atoms with Gasteiger partial charge in [-0.1, -0.05) is 48.5 Å². The SMILES string of the molecule is CNCOC1Cc2c3c(c4c(c2OC1c1cc(CCc2ccccc2)c(O)c(OC)c1)CCC(CO)O4)-c1ccc(O)cc1C(Cc1ccc2c(c1)=CCN=2)C3. The number of hydrogen-bond acceptors (Lipinski definition) is 9. The molecule has 9 rings (SSSR count). The minimum absolute atomic E-state index is 0.0725. The van der Waals surface area contributed by atoms with Gasteiger partial charge < -0.3 is 34.3 Å². The lowest BCUT2D eigenvalue weighted by Gasteiger charge is -2.41. The van der Waals surface area contributed by atoms with Gasteiger partial charge in [0.15, 0.2) is 17.6 Å². The van der Waals surface area contributed by atoms with Crippen LogP contribution in [-0.2, 0) is 43.3 Å². The van der Waals surface area contributed by atoms with E-state index >= 15 is 0 Å². The van der Waals surface area contributed by atoms with Crippen LogP contribution < -0.4 is 30.1 Å². The van der Waals surface area contributed by atoms with Crippen molar-refractivity contribution in [3.63, 3.8) is 0 Å². The average Bonchev–Trinajstić information content (AvgIpc) is 3.70. The first-order valence-corrected chi connectivity index (χ1v) is 19.7. The molecule has 0 aromatic heterocycles. The van der Waals surface area contributed by atoms with Gasteiger partial charge in [0.2, 0.25) is 0 Å². The number of methoxy groups -OCH3 is 1. The van der Waals surface area contributed by atoms with Crippen LogP contribution in [0.15, 0.2) is 83.9 Å². The van der Waals surface area contributed by atoms with Gasteiger partial charge in [-0.2, -0.15) is 0 Å². The van der Waals surface area contributed by atoms with E-state index in [4.69, 9.17) is 18.9 Å². The van der Waals surface area contributed by atoms with Crippen LogP contribution in [0.25, 0.3) is 17.2 Å². The highest BCUT2D eigenvalue weighted by Crippen LogP contribution is 2.56. The van der Waals surface area contributed by atoms with E-state index in [1.165, 1.54) is 16.3 Å². The second-order valence-corrected chi connectivity index (χ2v) is 15.4. The molecular weight excluding hydrogens is 705 g/mol. The summed E-state index contributed by atoms with van der Waals surface area (Å²) in [5.74, 6) is 2.41. The Morgan fingerprint density at radius 1 is 0.875 bits per heavy atom. The van der Waals surface area contributed by atoms with Crippen molar-refractivity contribution in [2.75, 3.05) is 34.0 Å². The number of aromatic hydroxyl groups is 2. The summed E-state index contributed by atoms with van der Waals surface area (Å²) >= 11 is 0. The molecule has 5 aromatic rings. The average molecular weight is 753 g/mol.